The molecular formula is C15H14N2O4. The number of phenols is 1. The number of carbonyl (C=O) groups is 2. The van der Waals surface area contributed by atoms with Crippen molar-refractivity contribution in [1.82, 2.24) is 0 Å². The van der Waals surface area contributed by atoms with E-state index >= 15 is 0 Å². The second-order valence-corrected chi connectivity index (χ2v) is 4.17. The lowest BCUT2D eigenvalue weighted by Gasteiger charge is -2.09. The molecule has 2 aromatic carbocycles. The fourth-order valence-electron chi connectivity index (χ4n) is 1.71. The smallest absolute Gasteiger partial charge is 0.337 e. The van der Waals surface area contributed by atoms with E-state index in [1.54, 1.807) is 36.4 Å². The van der Waals surface area contributed by atoms with E-state index in [0.29, 0.717) is 16.9 Å². The van der Waals surface area contributed by atoms with Crippen LogP contribution in [0.25, 0.3) is 0 Å². The normalized spacial score (nSPS) is 9.76. The van der Waals surface area contributed by atoms with E-state index in [9.17, 15) is 14.7 Å². The number of ether oxygens (including phenoxy) is 1. The predicted molar refractivity (Wildman–Crippen MR) is 78.5 cm³/mol. The fourth-order valence-corrected chi connectivity index (χ4v) is 1.71. The number of para-hydroxylation sites is 2. The number of carbonyl (C=O) groups excluding carboxylic acids is 2. The van der Waals surface area contributed by atoms with Gasteiger partial charge in [0, 0.05) is 5.69 Å². The summed E-state index contributed by atoms with van der Waals surface area (Å²) in [4.78, 5) is 23.2. The van der Waals surface area contributed by atoms with Gasteiger partial charge in [-0.15, -0.1) is 0 Å². The minimum absolute atomic E-state index is 0.0315. The molecule has 3 N–H and O–H groups in total. The van der Waals surface area contributed by atoms with Crippen LogP contribution in [0.4, 0.5) is 16.2 Å². The van der Waals surface area contributed by atoms with E-state index in [4.69, 9.17) is 0 Å². The Balaban J connectivity index is 2.06. The number of hydrogen-bond donors (Lipinski definition) is 3. The van der Waals surface area contributed by atoms with Crippen LogP contribution >= 0.6 is 0 Å². The van der Waals surface area contributed by atoms with Crippen molar-refractivity contribution in [3.8, 4) is 5.75 Å². The molecule has 0 radical (unpaired) electrons. The first-order chi connectivity index (χ1) is 10.1. The molecule has 2 rings (SSSR count). The van der Waals surface area contributed by atoms with Gasteiger partial charge in [0.15, 0.2) is 0 Å². The summed E-state index contributed by atoms with van der Waals surface area (Å²) in [7, 11) is 1.29. The van der Waals surface area contributed by atoms with Gasteiger partial charge in [-0.25, -0.2) is 9.59 Å². The quantitative estimate of drug-likeness (QED) is 0.598. The number of hydrogen-bond acceptors (Lipinski definition) is 4. The van der Waals surface area contributed by atoms with Crippen LogP contribution < -0.4 is 10.6 Å². The number of benzene rings is 2. The number of aromatic hydroxyl groups is 1. The Morgan fingerprint density at radius 2 is 1.81 bits per heavy atom. The Morgan fingerprint density at radius 1 is 1.05 bits per heavy atom. The number of esters is 1. The lowest BCUT2D eigenvalue weighted by Crippen LogP contribution is -2.19. The minimum Gasteiger partial charge on any atom is -0.506 e. The van der Waals surface area contributed by atoms with Gasteiger partial charge in [0.25, 0.3) is 0 Å². The molecule has 0 heterocycles. The van der Waals surface area contributed by atoms with Crippen LogP contribution in [-0.4, -0.2) is 24.2 Å². The van der Waals surface area contributed by atoms with Gasteiger partial charge in [-0.2, -0.15) is 0 Å². The molecule has 0 spiro atoms. The van der Waals surface area contributed by atoms with Gasteiger partial charge in [-0.3, -0.25) is 0 Å². The highest BCUT2D eigenvalue weighted by molar-refractivity contribution is 6.01. The third kappa shape index (κ3) is 3.73. The average molecular weight is 286 g/mol. The number of anilines is 2. The highest BCUT2D eigenvalue weighted by Gasteiger charge is 2.09. The zero-order valence-electron chi connectivity index (χ0n) is 11.3. The van der Waals surface area contributed by atoms with Crippen LogP contribution in [0.2, 0.25) is 0 Å². The molecule has 0 aromatic heterocycles. The SMILES string of the molecule is COC(=O)c1cccc(NC(=O)Nc2ccccc2O)c1. The van der Waals surface area contributed by atoms with Crippen LogP contribution in [0.3, 0.4) is 0 Å². The first-order valence-electron chi connectivity index (χ1n) is 6.14. The molecule has 2 aromatic rings. The molecule has 0 bridgehead atoms. The van der Waals surface area contributed by atoms with Crippen molar-refractivity contribution in [1.29, 1.82) is 0 Å². The monoisotopic (exact) mass is 286 g/mol. The maximum absolute atomic E-state index is 11.8. The molecular weight excluding hydrogens is 272 g/mol. The maximum atomic E-state index is 11.8. The maximum Gasteiger partial charge on any atom is 0.337 e. The molecule has 0 unspecified atom stereocenters. The molecule has 6 nitrogen and oxygen atoms in total. The topological polar surface area (TPSA) is 87.7 Å². The van der Waals surface area contributed by atoms with Gasteiger partial charge >= 0.3 is 12.0 Å². The molecule has 0 aliphatic carbocycles. The van der Waals surface area contributed by atoms with Crippen LogP contribution in [0, 0.1) is 0 Å². The van der Waals surface area contributed by atoms with Crippen molar-refractivity contribution in [2.24, 2.45) is 0 Å². The summed E-state index contributed by atoms with van der Waals surface area (Å²) in [5.41, 5.74) is 1.06. The Labute approximate surface area is 121 Å². The molecule has 21 heavy (non-hydrogen) atoms. The van der Waals surface area contributed by atoms with Gasteiger partial charge < -0.3 is 20.5 Å². The highest BCUT2D eigenvalue weighted by Crippen LogP contribution is 2.21. The van der Waals surface area contributed by atoms with Crippen molar-refractivity contribution in [3.05, 3.63) is 54.1 Å². The number of phenolic OH excluding ortho intramolecular Hbond substituents is 1. The van der Waals surface area contributed by atoms with Gasteiger partial charge in [0.2, 0.25) is 0 Å². The summed E-state index contributed by atoms with van der Waals surface area (Å²) >= 11 is 0. The molecule has 0 aliphatic heterocycles. The zero-order chi connectivity index (χ0) is 15.2. The van der Waals surface area contributed by atoms with E-state index in [1.807, 2.05) is 0 Å². The van der Waals surface area contributed by atoms with Crippen LogP contribution in [0.5, 0.6) is 5.75 Å². The molecule has 2 amide bonds. The predicted octanol–water partition coefficient (Wildman–Crippen LogP) is 2.82. The summed E-state index contributed by atoms with van der Waals surface area (Å²) in [6.45, 7) is 0. The summed E-state index contributed by atoms with van der Waals surface area (Å²) in [6.07, 6.45) is 0. The van der Waals surface area contributed by atoms with Gasteiger partial charge in [-0.05, 0) is 30.3 Å². The molecule has 108 valence electrons. The van der Waals surface area contributed by atoms with E-state index in [-0.39, 0.29) is 5.75 Å². The lowest BCUT2D eigenvalue weighted by molar-refractivity contribution is 0.0600. The molecule has 0 saturated carbocycles. The second-order valence-electron chi connectivity index (χ2n) is 4.17. The van der Waals surface area contributed by atoms with Crippen molar-refractivity contribution in [2.45, 2.75) is 0 Å². The Hall–Kier alpha value is -3.02. The van der Waals surface area contributed by atoms with Crippen LogP contribution in [0.15, 0.2) is 48.5 Å². The summed E-state index contributed by atoms with van der Waals surface area (Å²) in [6, 6.07) is 12.2. The van der Waals surface area contributed by atoms with Crippen molar-refractivity contribution < 1.29 is 19.4 Å². The molecule has 0 fully saturated rings. The molecule has 0 saturated heterocycles. The van der Waals surface area contributed by atoms with E-state index < -0.39 is 12.0 Å². The van der Waals surface area contributed by atoms with Crippen LogP contribution in [0.1, 0.15) is 10.4 Å². The van der Waals surface area contributed by atoms with Crippen molar-refractivity contribution in [2.75, 3.05) is 17.7 Å². The van der Waals surface area contributed by atoms with Gasteiger partial charge in [-0.1, -0.05) is 18.2 Å². The van der Waals surface area contributed by atoms with Crippen LogP contribution in [-0.2, 0) is 4.74 Å². The number of nitrogens with one attached hydrogen (secondary N) is 2. The molecule has 0 aliphatic rings. The van der Waals surface area contributed by atoms with E-state index in [1.165, 1.54) is 19.2 Å². The zero-order valence-corrected chi connectivity index (χ0v) is 11.3. The van der Waals surface area contributed by atoms with Crippen molar-refractivity contribution >= 4 is 23.4 Å². The van der Waals surface area contributed by atoms with Gasteiger partial charge in [0.1, 0.15) is 5.75 Å². The van der Waals surface area contributed by atoms with Crippen molar-refractivity contribution in [3.63, 3.8) is 0 Å². The Morgan fingerprint density at radius 3 is 2.52 bits per heavy atom. The minimum atomic E-state index is -0.529. The summed E-state index contributed by atoms with van der Waals surface area (Å²) < 4.78 is 4.61. The molecule has 6 heteroatoms. The number of amides is 2. The third-order valence-electron chi connectivity index (χ3n) is 2.69. The standard InChI is InChI=1S/C15H14N2O4/c1-21-14(19)10-5-4-6-11(9-10)16-15(20)17-12-7-2-3-8-13(12)18/h2-9,18H,1H3,(H2,16,17,20). The number of methoxy groups -OCH3 is 1. The van der Waals surface area contributed by atoms with E-state index in [0.717, 1.165) is 0 Å². The Bertz CT molecular complexity index is 670. The first kappa shape index (κ1) is 14.4. The number of urea groups is 1. The molecule has 0 atom stereocenters. The number of rotatable bonds is 3. The lowest BCUT2D eigenvalue weighted by atomic mass is 10.2. The third-order valence-corrected chi connectivity index (χ3v) is 2.69. The van der Waals surface area contributed by atoms with Gasteiger partial charge in [0.05, 0.1) is 18.4 Å². The highest BCUT2D eigenvalue weighted by atomic mass is 16.5. The summed E-state index contributed by atoms with van der Waals surface area (Å²) in [5, 5.41) is 14.6. The summed E-state index contributed by atoms with van der Waals surface area (Å²) in [5.74, 6) is -0.518. The largest absolute Gasteiger partial charge is 0.506 e. The average Bonchev–Trinajstić information content (AvgIpc) is 2.49. The van der Waals surface area contributed by atoms with E-state index in [2.05, 4.69) is 15.4 Å². The first-order valence-corrected chi connectivity index (χ1v) is 6.14. The Kier molecular flexibility index (Phi) is 4.40. The fraction of sp³-hybridized carbons (Fsp3) is 0.0667. The second kappa shape index (κ2) is 6.42.